The minimum atomic E-state index is 0.106. The first-order chi connectivity index (χ1) is 8.09. The minimum absolute atomic E-state index is 0.106. The van der Waals surface area contributed by atoms with Crippen molar-refractivity contribution in [2.75, 3.05) is 0 Å². The number of hydrogen-bond donors (Lipinski definition) is 0. The molecule has 0 aliphatic rings. The number of benzene rings is 1. The zero-order valence-electron chi connectivity index (χ0n) is 11.9. The smallest absolute Gasteiger partial charge is 0.258 e. The first-order valence-corrected chi connectivity index (χ1v) is 7.28. The van der Waals surface area contributed by atoms with Crippen molar-refractivity contribution in [3.05, 3.63) is 27.2 Å². The van der Waals surface area contributed by atoms with Crippen LogP contribution in [0.15, 0.2) is 16.5 Å². The number of hydrogen-bond acceptors (Lipinski definition) is 2. The van der Waals surface area contributed by atoms with Gasteiger partial charge in [0.1, 0.15) is 5.52 Å². The van der Waals surface area contributed by atoms with Crippen molar-refractivity contribution in [2.24, 2.45) is 0 Å². The SMILES string of the molecule is CC(C)(C)c1cc2nc(I)oc2cc1C(C)(C)C. The van der Waals surface area contributed by atoms with Crippen LogP contribution in [0.5, 0.6) is 0 Å². The number of halogens is 1. The quantitative estimate of drug-likeness (QED) is 0.619. The van der Waals surface area contributed by atoms with E-state index >= 15 is 0 Å². The van der Waals surface area contributed by atoms with E-state index < -0.39 is 0 Å². The summed E-state index contributed by atoms with van der Waals surface area (Å²) in [6.07, 6.45) is 0. The molecule has 2 aromatic rings. The topological polar surface area (TPSA) is 26.0 Å². The lowest BCUT2D eigenvalue weighted by atomic mass is 9.75. The fourth-order valence-electron chi connectivity index (χ4n) is 2.19. The monoisotopic (exact) mass is 357 g/mol. The van der Waals surface area contributed by atoms with Crippen molar-refractivity contribution in [3.8, 4) is 0 Å². The summed E-state index contributed by atoms with van der Waals surface area (Å²) in [6.45, 7) is 13.5. The molecule has 0 N–H and O–H groups in total. The molecule has 2 rings (SSSR count). The van der Waals surface area contributed by atoms with Crippen LogP contribution in [0, 0.1) is 3.90 Å². The van der Waals surface area contributed by atoms with Gasteiger partial charge < -0.3 is 4.42 Å². The Labute approximate surface area is 122 Å². The molecule has 18 heavy (non-hydrogen) atoms. The Balaban J connectivity index is 2.80. The molecule has 2 nitrogen and oxygen atoms in total. The van der Waals surface area contributed by atoms with Gasteiger partial charge in [0, 0.05) is 22.6 Å². The number of nitrogens with zero attached hydrogens (tertiary/aromatic N) is 1. The van der Waals surface area contributed by atoms with E-state index in [1.165, 1.54) is 11.1 Å². The molecule has 0 amide bonds. The molecule has 98 valence electrons. The average Bonchev–Trinajstić information content (AvgIpc) is 2.52. The van der Waals surface area contributed by atoms with E-state index in [1.807, 2.05) is 0 Å². The normalized spacial score (nSPS) is 13.3. The largest absolute Gasteiger partial charge is 0.432 e. The van der Waals surface area contributed by atoms with Gasteiger partial charge in [-0.3, -0.25) is 0 Å². The minimum Gasteiger partial charge on any atom is -0.432 e. The van der Waals surface area contributed by atoms with E-state index in [4.69, 9.17) is 4.42 Å². The molecule has 1 aromatic heterocycles. The standard InChI is InChI=1S/C15H20INO/c1-14(2,3)9-7-11-12(18-13(16)17-11)8-10(9)15(4,5)6/h7-8H,1-6H3. The summed E-state index contributed by atoms with van der Waals surface area (Å²) in [5.41, 5.74) is 4.76. The maximum atomic E-state index is 5.65. The lowest BCUT2D eigenvalue weighted by Gasteiger charge is -2.29. The number of rotatable bonds is 0. The summed E-state index contributed by atoms with van der Waals surface area (Å²) >= 11 is 2.12. The Kier molecular flexibility index (Phi) is 3.24. The third kappa shape index (κ3) is 2.56. The van der Waals surface area contributed by atoms with Gasteiger partial charge in [0.15, 0.2) is 5.58 Å². The summed E-state index contributed by atoms with van der Waals surface area (Å²) < 4.78 is 6.35. The van der Waals surface area contributed by atoms with Crippen LogP contribution < -0.4 is 0 Å². The van der Waals surface area contributed by atoms with E-state index in [1.54, 1.807) is 0 Å². The van der Waals surface area contributed by atoms with Crippen LogP contribution in [0.1, 0.15) is 52.7 Å². The molecule has 0 aliphatic heterocycles. The molecule has 1 heterocycles. The number of oxazole rings is 1. The predicted molar refractivity (Wildman–Crippen MR) is 84.1 cm³/mol. The maximum Gasteiger partial charge on any atom is 0.258 e. The summed E-state index contributed by atoms with van der Waals surface area (Å²) in [7, 11) is 0. The zero-order valence-corrected chi connectivity index (χ0v) is 14.0. The molecule has 0 aliphatic carbocycles. The van der Waals surface area contributed by atoms with E-state index in [0.29, 0.717) is 3.90 Å². The predicted octanol–water partition coefficient (Wildman–Crippen LogP) is 5.03. The molecular weight excluding hydrogens is 337 g/mol. The van der Waals surface area contributed by atoms with E-state index in [0.717, 1.165) is 11.1 Å². The summed E-state index contributed by atoms with van der Waals surface area (Å²) in [5, 5.41) is 0. The van der Waals surface area contributed by atoms with Crippen molar-refractivity contribution >= 4 is 33.7 Å². The Hall–Kier alpha value is -0.580. The first-order valence-electron chi connectivity index (χ1n) is 6.20. The highest BCUT2D eigenvalue weighted by atomic mass is 127. The third-order valence-corrected chi connectivity index (χ3v) is 3.58. The van der Waals surface area contributed by atoms with Crippen LogP contribution in [0.4, 0.5) is 0 Å². The highest BCUT2D eigenvalue weighted by molar-refractivity contribution is 14.1. The van der Waals surface area contributed by atoms with Gasteiger partial charge in [0.05, 0.1) is 0 Å². The highest BCUT2D eigenvalue weighted by Gasteiger charge is 2.26. The van der Waals surface area contributed by atoms with Gasteiger partial charge in [-0.05, 0) is 34.1 Å². The van der Waals surface area contributed by atoms with Crippen molar-refractivity contribution in [2.45, 2.75) is 52.4 Å². The molecular formula is C15H20INO. The van der Waals surface area contributed by atoms with Crippen LogP contribution in [0.3, 0.4) is 0 Å². The zero-order chi connectivity index (χ0) is 13.7. The fourth-order valence-corrected chi connectivity index (χ4v) is 2.68. The van der Waals surface area contributed by atoms with Crippen molar-refractivity contribution in [1.82, 2.24) is 4.98 Å². The first kappa shape index (κ1) is 13.8. The second kappa shape index (κ2) is 4.22. The molecule has 0 bridgehead atoms. The van der Waals surface area contributed by atoms with Crippen LogP contribution in [-0.4, -0.2) is 4.98 Å². The number of aromatic nitrogens is 1. The van der Waals surface area contributed by atoms with Gasteiger partial charge in [-0.15, -0.1) is 0 Å². The fraction of sp³-hybridized carbons (Fsp3) is 0.533. The van der Waals surface area contributed by atoms with Gasteiger partial charge in [0.25, 0.3) is 3.90 Å². The molecule has 0 spiro atoms. The third-order valence-electron chi connectivity index (χ3n) is 3.12. The van der Waals surface area contributed by atoms with Gasteiger partial charge in [0.2, 0.25) is 0 Å². The van der Waals surface area contributed by atoms with Gasteiger partial charge >= 0.3 is 0 Å². The molecule has 0 saturated heterocycles. The Morgan fingerprint density at radius 2 is 1.44 bits per heavy atom. The lowest BCUT2D eigenvalue weighted by molar-refractivity contribution is 0.527. The average molecular weight is 357 g/mol. The van der Waals surface area contributed by atoms with Crippen LogP contribution in [-0.2, 0) is 10.8 Å². The summed E-state index contributed by atoms with van der Waals surface area (Å²) in [5.74, 6) is 0. The van der Waals surface area contributed by atoms with E-state index in [2.05, 4.69) is 81.3 Å². The summed E-state index contributed by atoms with van der Waals surface area (Å²) in [4.78, 5) is 4.43. The highest BCUT2D eigenvalue weighted by Crippen LogP contribution is 2.36. The second-order valence-electron chi connectivity index (χ2n) is 6.83. The Morgan fingerprint density at radius 3 is 1.94 bits per heavy atom. The maximum absolute atomic E-state index is 5.65. The molecule has 0 atom stereocenters. The molecule has 1 aromatic carbocycles. The molecule has 0 radical (unpaired) electrons. The van der Waals surface area contributed by atoms with Gasteiger partial charge in [-0.25, -0.2) is 4.98 Å². The van der Waals surface area contributed by atoms with Gasteiger partial charge in [-0.1, -0.05) is 41.5 Å². The molecule has 0 unspecified atom stereocenters. The molecule has 0 fully saturated rings. The van der Waals surface area contributed by atoms with Crippen molar-refractivity contribution < 1.29 is 4.42 Å². The van der Waals surface area contributed by atoms with Crippen molar-refractivity contribution in [1.29, 1.82) is 0 Å². The van der Waals surface area contributed by atoms with E-state index in [9.17, 15) is 0 Å². The van der Waals surface area contributed by atoms with Crippen LogP contribution in [0.2, 0.25) is 0 Å². The Morgan fingerprint density at radius 1 is 0.944 bits per heavy atom. The molecule has 0 saturated carbocycles. The second-order valence-corrected chi connectivity index (χ2v) is 7.76. The molecule has 3 heteroatoms. The van der Waals surface area contributed by atoms with Crippen LogP contribution >= 0.6 is 22.6 Å². The lowest BCUT2D eigenvalue weighted by Crippen LogP contribution is -2.21. The Bertz CT molecular complexity index is 534. The summed E-state index contributed by atoms with van der Waals surface area (Å²) in [6, 6.07) is 4.34. The van der Waals surface area contributed by atoms with Crippen molar-refractivity contribution in [3.63, 3.8) is 0 Å². The van der Waals surface area contributed by atoms with E-state index in [-0.39, 0.29) is 10.8 Å². The van der Waals surface area contributed by atoms with Crippen LogP contribution in [0.25, 0.3) is 11.1 Å². The number of fused-ring (bicyclic) bond motifs is 1. The van der Waals surface area contributed by atoms with Gasteiger partial charge in [-0.2, -0.15) is 0 Å².